The van der Waals surface area contributed by atoms with Crippen LogP contribution in [0, 0.1) is 11.8 Å². The normalized spacial score (nSPS) is 12.1. The van der Waals surface area contributed by atoms with Crippen LogP contribution in [-0.2, 0) is 11.3 Å². The number of amides is 1. The van der Waals surface area contributed by atoms with E-state index in [0.717, 1.165) is 0 Å². The number of nitrogens with zero attached hydrogens (tertiary/aromatic N) is 4. The van der Waals surface area contributed by atoms with Crippen LogP contribution in [0.5, 0.6) is 17.2 Å². The monoisotopic (exact) mass is 488 g/mol. The lowest BCUT2D eigenvalue weighted by Crippen LogP contribution is -2.18. The zero-order valence-electron chi connectivity index (χ0n) is 19.0. The summed E-state index contributed by atoms with van der Waals surface area (Å²) in [4.78, 5) is 43.8. The first-order valence-corrected chi connectivity index (χ1v) is 10.6. The molecular formula is C24H20N6O6. The third kappa shape index (κ3) is 5.50. The lowest BCUT2D eigenvalue weighted by atomic mass is 10.1. The molecule has 0 unspecified atom stereocenters. The molecule has 1 amide bonds. The standard InChI is InChI=1S/C24H20N6O6/c1-14-23(36-22(31)3-2-16-8-20-21(9-19(16)25)35-13-34-20)18(17(10-27-14)11-29-33)12-28-30-24(32)15-4-6-26-7-5-15/h2-10,12H,11,13,25H2,1H3,(H,30,32)/b3-2+,28-12+. The van der Waals surface area contributed by atoms with Crippen LogP contribution in [0.15, 0.2) is 59.2 Å². The van der Waals surface area contributed by atoms with Crippen LogP contribution in [-0.4, -0.2) is 34.9 Å². The minimum absolute atomic E-state index is 0.0615. The van der Waals surface area contributed by atoms with Gasteiger partial charge in [0.05, 0.1) is 11.9 Å². The summed E-state index contributed by atoms with van der Waals surface area (Å²) in [6.07, 6.45) is 8.29. The molecule has 3 aromatic rings. The molecule has 12 heteroatoms. The van der Waals surface area contributed by atoms with Crippen molar-refractivity contribution in [3.05, 3.63) is 81.8 Å². The molecule has 36 heavy (non-hydrogen) atoms. The minimum atomic E-state index is -0.733. The molecule has 0 bridgehead atoms. The van der Waals surface area contributed by atoms with Gasteiger partial charge < -0.3 is 19.9 Å². The number of hydrogen-bond donors (Lipinski definition) is 2. The fraction of sp³-hybridized carbons (Fsp3) is 0.125. The van der Waals surface area contributed by atoms with E-state index in [9.17, 15) is 14.5 Å². The molecule has 1 aliphatic rings. The fourth-order valence-corrected chi connectivity index (χ4v) is 3.24. The predicted molar refractivity (Wildman–Crippen MR) is 129 cm³/mol. The number of hydrazone groups is 1. The Labute approximate surface area is 204 Å². The van der Waals surface area contributed by atoms with Crippen LogP contribution in [0.3, 0.4) is 0 Å². The van der Waals surface area contributed by atoms with Gasteiger partial charge in [-0.25, -0.2) is 10.2 Å². The molecule has 2 aromatic heterocycles. The van der Waals surface area contributed by atoms with E-state index < -0.39 is 11.9 Å². The Morgan fingerprint density at radius 1 is 1.22 bits per heavy atom. The number of hydrogen-bond acceptors (Lipinski definition) is 11. The third-order valence-electron chi connectivity index (χ3n) is 5.05. The average molecular weight is 488 g/mol. The van der Waals surface area contributed by atoms with E-state index in [1.807, 2.05) is 0 Å². The van der Waals surface area contributed by atoms with E-state index >= 15 is 0 Å². The van der Waals surface area contributed by atoms with Crippen molar-refractivity contribution in [1.82, 2.24) is 15.4 Å². The van der Waals surface area contributed by atoms with Crippen molar-refractivity contribution >= 4 is 29.9 Å². The van der Waals surface area contributed by atoms with Crippen molar-refractivity contribution in [2.75, 3.05) is 12.5 Å². The van der Waals surface area contributed by atoms with E-state index in [2.05, 4.69) is 25.7 Å². The number of carbonyl (C=O) groups is 2. The summed E-state index contributed by atoms with van der Waals surface area (Å²) in [5, 5.41) is 6.83. The molecule has 0 fully saturated rings. The first-order valence-electron chi connectivity index (χ1n) is 10.6. The Morgan fingerprint density at radius 2 is 1.97 bits per heavy atom. The molecule has 4 rings (SSSR count). The van der Waals surface area contributed by atoms with Gasteiger partial charge in [-0.3, -0.25) is 14.8 Å². The molecule has 3 heterocycles. The number of aryl methyl sites for hydroxylation is 1. The number of esters is 1. The summed E-state index contributed by atoms with van der Waals surface area (Å²) in [7, 11) is 0. The minimum Gasteiger partial charge on any atom is -0.454 e. The topological polar surface area (TPSA) is 167 Å². The van der Waals surface area contributed by atoms with Crippen molar-refractivity contribution in [3.63, 3.8) is 0 Å². The summed E-state index contributed by atoms with van der Waals surface area (Å²) in [6.45, 7) is 1.46. The molecule has 0 atom stereocenters. The van der Waals surface area contributed by atoms with E-state index in [4.69, 9.17) is 19.9 Å². The maximum Gasteiger partial charge on any atom is 0.336 e. The van der Waals surface area contributed by atoms with Gasteiger partial charge in [-0.1, -0.05) is 5.18 Å². The van der Waals surface area contributed by atoms with Gasteiger partial charge in [0.2, 0.25) is 6.79 Å². The largest absolute Gasteiger partial charge is 0.454 e. The first kappa shape index (κ1) is 24.0. The summed E-state index contributed by atoms with van der Waals surface area (Å²) < 4.78 is 16.1. The molecule has 0 radical (unpaired) electrons. The third-order valence-corrected chi connectivity index (χ3v) is 5.05. The Balaban J connectivity index is 1.55. The van der Waals surface area contributed by atoms with Crippen LogP contribution in [0.2, 0.25) is 0 Å². The van der Waals surface area contributed by atoms with Gasteiger partial charge in [-0.15, -0.1) is 0 Å². The molecule has 0 saturated heterocycles. The summed E-state index contributed by atoms with van der Waals surface area (Å²) in [5.41, 5.74) is 10.6. The van der Waals surface area contributed by atoms with Crippen LogP contribution in [0.1, 0.15) is 32.7 Å². The maximum absolute atomic E-state index is 12.6. The van der Waals surface area contributed by atoms with Crippen LogP contribution >= 0.6 is 0 Å². The number of nitrogens with one attached hydrogen (secondary N) is 1. The number of aromatic nitrogens is 2. The highest BCUT2D eigenvalue weighted by Gasteiger charge is 2.17. The molecule has 0 aliphatic carbocycles. The molecular weight excluding hydrogens is 468 g/mol. The van der Waals surface area contributed by atoms with Crippen molar-refractivity contribution in [3.8, 4) is 17.2 Å². The molecule has 1 aromatic carbocycles. The molecule has 3 N–H and O–H groups in total. The summed E-state index contributed by atoms with van der Waals surface area (Å²) >= 11 is 0. The zero-order chi connectivity index (χ0) is 25.5. The molecule has 0 saturated carbocycles. The SMILES string of the molecule is Cc1ncc(CN=O)c(/C=N/NC(=O)c2ccncc2)c1OC(=O)/C=C/c1cc2c(cc1N)OCO2. The van der Waals surface area contributed by atoms with Crippen molar-refractivity contribution in [2.45, 2.75) is 13.5 Å². The first-order chi connectivity index (χ1) is 17.5. The zero-order valence-corrected chi connectivity index (χ0v) is 19.0. The number of carbonyl (C=O) groups excluding carboxylic acids is 2. The van der Waals surface area contributed by atoms with E-state index in [0.29, 0.717) is 39.6 Å². The highest BCUT2D eigenvalue weighted by atomic mass is 16.7. The number of ether oxygens (including phenoxy) is 3. The second kappa shape index (κ2) is 10.9. The van der Waals surface area contributed by atoms with Gasteiger partial charge in [0, 0.05) is 58.7 Å². The maximum atomic E-state index is 12.6. The highest BCUT2D eigenvalue weighted by molar-refractivity contribution is 5.96. The van der Waals surface area contributed by atoms with Gasteiger partial charge in [0.15, 0.2) is 17.2 Å². The van der Waals surface area contributed by atoms with Crippen molar-refractivity contribution in [1.29, 1.82) is 0 Å². The number of fused-ring (bicyclic) bond motifs is 1. The second-order valence-electron chi connectivity index (χ2n) is 7.42. The summed E-state index contributed by atoms with van der Waals surface area (Å²) in [5.74, 6) is -0.111. The average Bonchev–Trinajstić information content (AvgIpc) is 3.33. The number of rotatable bonds is 8. The van der Waals surface area contributed by atoms with Gasteiger partial charge >= 0.3 is 5.97 Å². The van der Waals surface area contributed by atoms with Crippen molar-refractivity contribution in [2.24, 2.45) is 10.3 Å². The van der Waals surface area contributed by atoms with Gasteiger partial charge in [0.25, 0.3) is 5.91 Å². The van der Waals surface area contributed by atoms with Crippen LogP contribution in [0.25, 0.3) is 6.08 Å². The lowest BCUT2D eigenvalue weighted by molar-refractivity contribution is -0.129. The van der Waals surface area contributed by atoms with Gasteiger partial charge in [0.1, 0.15) is 6.54 Å². The Hall–Kier alpha value is -5.13. The number of benzene rings is 1. The Kier molecular flexibility index (Phi) is 7.25. The van der Waals surface area contributed by atoms with Crippen LogP contribution < -0.4 is 25.4 Å². The fourth-order valence-electron chi connectivity index (χ4n) is 3.24. The molecule has 12 nitrogen and oxygen atoms in total. The van der Waals surface area contributed by atoms with Gasteiger partial charge in [-0.2, -0.15) is 10.0 Å². The predicted octanol–water partition coefficient (Wildman–Crippen LogP) is 2.75. The smallest absolute Gasteiger partial charge is 0.336 e. The van der Waals surface area contributed by atoms with E-state index in [1.54, 1.807) is 19.1 Å². The molecule has 0 spiro atoms. The molecule has 182 valence electrons. The Bertz CT molecular complexity index is 1370. The van der Waals surface area contributed by atoms with Crippen molar-refractivity contribution < 1.29 is 23.8 Å². The summed E-state index contributed by atoms with van der Waals surface area (Å²) in [6, 6.07) is 6.30. The number of nitrogens with two attached hydrogens (primary N) is 1. The number of anilines is 1. The molecule has 1 aliphatic heterocycles. The number of nitrogen functional groups attached to an aromatic ring is 1. The van der Waals surface area contributed by atoms with Gasteiger partial charge in [-0.05, 0) is 31.2 Å². The Morgan fingerprint density at radius 3 is 2.72 bits per heavy atom. The quantitative estimate of drug-likeness (QED) is 0.121. The number of pyridine rings is 2. The van der Waals surface area contributed by atoms with E-state index in [-0.39, 0.29) is 24.7 Å². The number of nitroso groups, excluding NO2 is 1. The second-order valence-corrected chi connectivity index (χ2v) is 7.42. The van der Waals surface area contributed by atoms with E-state index in [1.165, 1.54) is 49.1 Å². The highest BCUT2D eigenvalue weighted by Crippen LogP contribution is 2.36. The van der Waals surface area contributed by atoms with Crippen LogP contribution in [0.4, 0.5) is 5.69 Å². The lowest BCUT2D eigenvalue weighted by Gasteiger charge is -2.11.